The number of aromatic nitrogens is 3. The molecule has 1 aliphatic heterocycles. The number of hydrogen-bond donors (Lipinski definition) is 0. The quantitative estimate of drug-likeness (QED) is 0.626. The fourth-order valence-electron chi connectivity index (χ4n) is 3.77. The molecule has 162 valence electrons. The summed E-state index contributed by atoms with van der Waals surface area (Å²) in [5.41, 5.74) is 1.78. The Balaban J connectivity index is 1.33. The van der Waals surface area contributed by atoms with Crippen molar-refractivity contribution in [3.63, 3.8) is 0 Å². The van der Waals surface area contributed by atoms with Gasteiger partial charge in [0.15, 0.2) is 5.16 Å². The van der Waals surface area contributed by atoms with E-state index < -0.39 is 10.0 Å². The molecular weight excluding hydrogens is 422 g/mol. The van der Waals surface area contributed by atoms with Crippen LogP contribution < -0.4 is 0 Å². The van der Waals surface area contributed by atoms with Crippen molar-refractivity contribution in [3.8, 4) is 0 Å². The number of carbonyl (C=O) groups excluding carboxylic acids is 1. The highest BCUT2D eigenvalue weighted by atomic mass is 32.2. The van der Waals surface area contributed by atoms with Crippen molar-refractivity contribution in [2.45, 2.75) is 42.7 Å². The zero-order chi connectivity index (χ0) is 21.5. The summed E-state index contributed by atoms with van der Waals surface area (Å²) in [4.78, 5) is 14.7. The van der Waals surface area contributed by atoms with E-state index in [4.69, 9.17) is 0 Å². The zero-order valence-corrected chi connectivity index (χ0v) is 19.2. The van der Waals surface area contributed by atoms with Crippen LogP contribution in [0.25, 0.3) is 0 Å². The molecule has 2 heterocycles. The van der Waals surface area contributed by atoms with Crippen molar-refractivity contribution in [1.29, 1.82) is 0 Å². The summed E-state index contributed by atoms with van der Waals surface area (Å²) in [5.74, 6) is 1.79. The van der Waals surface area contributed by atoms with Gasteiger partial charge in [0.2, 0.25) is 15.9 Å². The van der Waals surface area contributed by atoms with Crippen LogP contribution in [0, 0.1) is 13.8 Å². The van der Waals surface area contributed by atoms with E-state index in [2.05, 4.69) is 10.2 Å². The minimum Gasteiger partial charge on any atom is -0.339 e. The Kier molecular flexibility index (Phi) is 5.91. The second-order valence-electron chi connectivity index (χ2n) is 8.02. The molecule has 10 heteroatoms. The molecule has 1 aliphatic carbocycles. The van der Waals surface area contributed by atoms with Crippen LogP contribution in [0.2, 0.25) is 0 Å². The number of piperazine rings is 1. The summed E-state index contributed by atoms with van der Waals surface area (Å²) in [6, 6.07) is 5.37. The standard InChI is InChI=1S/C20H27N5O3S2/c1-14-4-7-17(15(2)12-14)30(27,28)25-10-8-24(9-11-25)18(26)13-29-20-22-21-19(23(20)3)16-5-6-16/h4,7,12,16H,5-6,8-11,13H2,1-3H3. The van der Waals surface area contributed by atoms with E-state index in [1.807, 2.05) is 37.6 Å². The number of aryl methyl sites for hydroxylation is 2. The molecule has 1 amide bonds. The smallest absolute Gasteiger partial charge is 0.243 e. The zero-order valence-electron chi connectivity index (χ0n) is 17.5. The van der Waals surface area contributed by atoms with Gasteiger partial charge in [-0.1, -0.05) is 29.5 Å². The summed E-state index contributed by atoms with van der Waals surface area (Å²) in [5, 5.41) is 9.20. The second kappa shape index (κ2) is 8.32. The number of hydrogen-bond acceptors (Lipinski definition) is 6. The van der Waals surface area contributed by atoms with Gasteiger partial charge in [0.05, 0.1) is 10.6 Å². The number of sulfonamides is 1. The number of amides is 1. The lowest BCUT2D eigenvalue weighted by Crippen LogP contribution is -2.51. The fourth-order valence-corrected chi connectivity index (χ4v) is 6.22. The van der Waals surface area contributed by atoms with Crippen molar-refractivity contribution >= 4 is 27.7 Å². The first-order chi connectivity index (χ1) is 14.3. The lowest BCUT2D eigenvalue weighted by atomic mass is 10.2. The van der Waals surface area contributed by atoms with Crippen LogP contribution in [0.4, 0.5) is 0 Å². The number of benzene rings is 1. The summed E-state index contributed by atoms with van der Waals surface area (Å²) < 4.78 is 29.5. The highest BCUT2D eigenvalue weighted by Crippen LogP contribution is 2.39. The normalized spacial score (nSPS) is 18.0. The molecule has 4 rings (SSSR count). The van der Waals surface area contributed by atoms with Gasteiger partial charge in [0, 0.05) is 39.1 Å². The maximum absolute atomic E-state index is 13.0. The maximum atomic E-state index is 13.0. The van der Waals surface area contributed by atoms with Crippen LogP contribution in [-0.4, -0.2) is 70.2 Å². The van der Waals surface area contributed by atoms with Gasteiger partial charge in [-0.2, -0.15) is 4.31 Å². The fraction of sp³-hybridized carbons (Fsp3) is 0.550. The lowest BCUT2D eigenvalue weighted by Gasteiger charge is -2.34. The van der Waals surface area contributed by atoms with E-state index in [1.54, 1.807) is 11.0 Å². The molecule has 0 radical (unpaired) electrons. The van der Waals surface area contributed by atoms with Gasteiger partial charge in [-0.3, -0.25) is 4.79 Å². The van der Waals surface area contributed by atoms with Gasteiger partial charge in [0.1, 0.15) is 5.82 Å². The van der Waals surface area contributed by atoms with Crippen LogP contribution in [-0.2, 0) is 21.9 Å². The molecule has 2 aliphatic rings. The van der Waals surface area contributed by atoms with Gasteiger partial charge in [-0.25, -0.2) is 8.42 Å². The number of thioether (sulfide) groups is 1. The average Bonchev–Trinajstić information content (AvgIpc) is 3.49. The third-order valence-electron chi connectivity index (χ3n) is 5.68. The SMILES string of the molecule is Cc1ccc(S(=O)(=O)N2CCN(C(=O)CSc3nnc(C4CC4)n3C)CC2)c(C)c1. The van der Waals surface area contributed by atoms with Crippen molar-refractivity contribution < 1.29 is 13.2 Å². The van der Waals surface area contributed by atoms with Crippen LogP contribution in [0.1, 0.15) is 35.7 Å². The Morgan fingerprint density at radius 1 is 1.13 bits per heavy atom. The van der Waals surface area contributed by atoms with Gasteiger partial charge in [-0.15, -0.1) is 10.2 Å². The Morgan fingerprint density at radius 3 is 2.47 bits per heavy atom. The van der Waals surface area contributed by atoms with E-state index in [1.165, 1.54) is 16.1 Å². The van der Waals surface area contributed by atoms with E-state index in [-0.39, 0.29) is 11.7 Å². The molecule has 2 fully saturated rings. The van der Waals surface area contributed by atoms with Gasteiger partial charge in [-0.05, 0) is 38.3 Å². The minimum atomic E-state index is -3.55. The summed E-state index contributed by atoms with van der Waals surface area (Å²) >= 11 is 1.39. The van der Waals surface area contributed by atoms with Crippen LogP contribution in [0.5, 0.6) is 0 Å². The predicted molar refractivity (Wildman–Crippen MR) is 115 cm³/mol. The summed E-state index contributed by atoms with van der Waals surface area (Å²) in [6.45, 7) is 5.17. The Bertz CT molecular complexity index is 1050. The molecule has 30 heavy (non-hydrogen) atoms. The largest absolute Gasteiger partial charge is 0.339 e. The van der Waals surface area contributed by atoms with E-state index in [0.717, 1.165) is 34.9 Å². The third kappa shape index (κ3) is 4.26. The molecule has 1 saturated heterocycles. The van der Waals surface area contributed by atoms with Crippen LogP contribution in [0.3, 0.4) is 0 Å². The van der Waals surface area contributed by atoms with Crippen molar-refractivity contribution in [1.82, 2.24) is 24.0 Å². The molecule has 0 atom stereocenters. The molecule has 8 nitrogen and oxygen atoms in total. The molecule has 0 unspecified atom stereocenters. The van der Waals surface area contributed by atoms with Crippen LogP contribution in [0.15, 0.2) is 28.3 Å². The van der Waals surface area contributed by atoms with Gasteiger partial charge >= 0.3 is 0 Å². The lowest BCUT2D eigenvalue weighted by molar-refractivity contribution is -0.129. The molecular formula is C20H27N5O3S2. The Morgan fingerprint density at radius 2 is 1.83 bits per heavy atom. The van der Waals surface area contributed by atoms with E-state index in [9.17, 15) is 13.2 Å². The minimum absolute atomic E-state index is 0.000429. The number of carbonyl (C=O) groups is 1. The molecule has 1 aromatic carbocycles. The monoisotopic (exact) mass is 449 g/mol. The molecule has 0 N–H and O–H groups in total. The first kappa shape index (κ1) is 21.3. The third-order valence-corrected chi connectivity index (χ3v) is 8.74. The summed E-state index contributed by atoms with van der Waals surface area (Å²) in [7, 11) is -1.61. The highest BCUT2D eigenvalue weighted by molar-refractivity contribution is 7.99. The second-order valence-corrected chi connectivity index (χ2v) is 10.9. The Labute approximate surface area is 181 Å². The number of rotatable bonds is 6. The van der Waals surface area contributed by atoms with E-state index >= 15 is 0 Å². The first-order valence-corrected chi connectivity index (χ1v) is 12.6. The number of nitrogens with zero attached hydrogens (tertiary/aromatic N) is 5. The predicted octanol–water partition coefficient (Wildman–Crippen LogP) is 1.93. The maximum Gasteiger partial charge on any atom is 0.243 e. The highest BCUT2D eigenvalue weighted by Gasteiger charge is 2.32. The van der Waals surface area contributed by atoms with Crippen molar-refractivity contribution in [2.24, 2.45) is 7.05 Å². The molecule has 1 aromatic heterocycles. The molecule has 0 bridgehead atoms. The van der Waals surface area contributed by atoms with Gasteiger partial charge < -0.3 is 9.47 Å². The average molecular weight is 450 g/mol. The topological polar surface area (TPSA) is 88.4 Å². The molecule has 0 spiro atoms. The van der Waals surface area contributed by atoms with Crippen LogP contribution >= 0.6 is 11.8 Å². The van der Waals surface area contributed by atoms with Crippen molar-refractivity contribution in [3.05, 3.63) is 35.2 Å². The summed E-state index contributed by atoms with van der Waals surface area (Å²) in [6.07, 6.45) is 2.32. The Hall–Kier alpha value is -1.91. The van der Waals surface area contributed by atoms with Crippen molar-refractivity contribution in [2.75, 3.05) is 31.9 Å². The van der Waals surface area contributed by atoms with E-state index in [0.29, 0.717) is 37.0 Å². The van der Waals surface area contributed by atoms with Gasteiger partial charge in [0.25, 0.3) is 0 Å². The molecule has 1 saturated carbocycles. The molecule has 2 aromatic rings. The first-order valence-electron chi connectivity index (χ1n) is 10.1.